The van der Waals surface area contributed by atoms with Gasteiger partial charge in [-0.25, -0.2) is 4.98 Å². The summed E-state index contributed by atoms with van der Waals surface area (Å²) in [5, 5.41) is 1.08. The number of hydrogen-bond acceptors (Lipinski definition) is 3. The van der Waals surface area contributed by atoms with E-state index in [2.05, 4.69) is 4.98 Å². The molecule has 3 rings (SSSR count). The second-order valence-corrected chi connectivity index (χ2v) is 4.30. The minimum Gasteiger partial charge on any atom is -0.495 e. The summed E-state index contributed by atoms with van der Waals surface area (Å²) >= 11 is 0. The van der Waals surface area contributed by atoms with E-state index < -0.39 is 0 Å². The molecule has 0 bridgehead atoms. The van der Waals surface area contributed by atoms with Gasteiger partial charge in [-0.1, -0.05) is 12.1 Å². The van der Waals surface area contributed by atoms with Crippen LogP contribution >= 0.6 is 0 Å². The second kappa shape index (κ2) is 3.91. The van der Waals surface area contributed by atoms with Gasteiger partial charge in [0.25, 0.3) is 0 Å². The number of nitrogens with zero attached hydrogens (tertiary/aromatic N) is 2. The Morgan fingerprint density at radius 2 is 2.17 bits per heavy atom. The fraction of sp³-hybridized carbons (Fsp3) is 0.214. The first-order valence-corrected chi connectivity index (χ1v) is 5.75. The molecule has 0 fully saturated rings. The van der Waals surface area contributed by atoms with E-state index in [0.717, 1.165) is 27.9 Å². The third-order valence-electron chi connectivity index (χ3n) is 3.03. The number of ether oxygens (including phenoxy) is 1. The van der Waals surface area contributed by atoms with Crippen molar-refractivity contribution in [3.8, 4) is 17.2 Å². The Hall–Kier alpha value is -2.23. The van der Waals surface area contributed by atoms with Gasteiger partial charge >= 0.3 is 0 Å². The standard InChI is InChI=1S/C14H14N2O2/c1-9-8-18-14(15-9)11-7-16(2)13-10(11)5-4-6-12(13)17-3/h4-8H,1-3H3. The van der Waals surface area contributed by atoms with Gasteiger partial charge in [-0.05, 0) is 13.0 Å². The van der Waals surface area contributed by atoms with Gasteiger partial charge in [-0.3, -0.25) is 0 Å². The zero-order chi connectivity index (χ0) is 12.7. The molecule has 18 heavy (non-hydrogen) atoms. The Kier molecular flexibility index (Phi) is 2.37. The molecule has 0 aliphatic rings. The highest BCUT2D eigenvalue weighted by atomic mass is 16.5. The van der Waals surface area contributed by atoms with Crippen LogP contribution < -0.4 is 4.74 Å². The van der Waals surface area contributed by atoms with Gasteiger partial charge in [0, 0.05) is 18.6 Å². The minimum absolute atomic E-state index is 0.645. The normalized spacial score (nSPS) is 11.1. The molecule has 0 N–H and O–H groups in total. The van der Waals surface area contributed by atoms with Crippen molar-refractivity contribution in [1.82, 2.24) is 9.55 Å². The van der Waals surface area contributed by atoms with Gasteiger partial charge in [0.15, 0.2) is 0 Å². The Bertz CT molecular complexity index is 710. The highest BCUT2D eigenvalue weighted by molar-refractivity contribution is 5.97. The predicted molar refractivity (Wildman–Crippen MR) is 69.7 cm³/mol. The summed E-state index contributed by atoms with van der Waals surface area (Å²) in [6.45, 7) is 1.92. The lowest BCUT2D eigenvalue weighted by Gasteiger charge is -2.03. The molecule has 0 saturated carbocycles. The second-order valence-electron chi connectivity index (χ2n) is 4.30. The maximum Gasteiger partial charge on any atom is 0.228 e. The van der Waals surface area contributed by atoms with Crippen LogP contribution in [0, 0.1) is 6.92 Å². The molecule has 0 aliphatic heterocycles. The third kappa shape index (κ3) is 1.49. The first kappa shape index (κ1) is 10.9. The number of oxazole rings is 1. The summed E-state index contributed by atoms with van der Waals surface area (Å²) in [6.07, 6.45) is 3.67. The van der Waals surface area contributed by atoms with Crippen LogP contribution in [-0.2, 0) is 7.05 Å². The number of benzene rings is 1. The summed E-state index contributed by atoms with van der Waals surface area (Å²) in [6, 6.07) is 5.97. The molecule has 4 nitrogen and oxygen atoms in total. The maximum atomic E-state index is 5.48. The molecule has 0 atom stereocenters. The van der Waals surface area contributed by atoms with Crippen LogP contribution in [0.3, 0.4) is 0 Å². The molecule has 3 aromatic rings. The number of aromatic nitrogens is 2. The van der Waals surface area contributed by atoms with E-state index >= 15 is 0 Å². The zero-order valence-corrected chi connectivity index (χ0v) is 10.6. The van der Waals surface area contributed by atoms with E-state index in [0.29, 0.717) is 5.89 Å². The molecular formula is C14H14N2O2. The van der Waals surface area contributed by atoms with Crippen LogP contribution in [0.1, 0.15) is 5.69 Å². The minimum atomic E-state index is 0.645. The molecule has 0 spiro atoms. The Morgan fingerprint density at radius 3 is 2.83 bits per heavy atom. The van der Waals surface area contributed by atoms with Crippen LogP contribution in [0.15, 0.2) is 35.1 Å². The van der Waals surface area contributed by atoms with Crippen molar-refractivity contribution >= 4 is 10.9 Å². The van der Waals surface area contributed by atoms with E-state index in [9.17, 15) is 0 Å². The smallest absolute Gasteiger partial charge is 0.228 e. The topological polar surface area (TPSA) is 40.2 Å². The molecule has 0 unspecified atom stereocenters. The molecule has 0 saturated heterocycles. The Balaban J connectivity index is 2.32. The molecule has 4 heteroatoms. The van der Waals surface area contributed by atoms with Crippen molar-refractivity contribution in [1.29, 1.82) is 0 Å². The highest BCUT2D eigenvalue weighted by Gasteiger charge is 2.15. The quantitative estimate of drug-likeness (QED) is 0.693. The van der Waals surface area contributed by atoms with Crippen molar-refractivity contribution in [2.45, 2.75) is 6.92 Å². The van der Waals surface area contributed by atoms with Crippen molar-refractivity contribution in [2.75, 3.05) is 7.11 Å². The van der Waals surface area contributed by atoms with E-state index in [1.165, 1.54) is 0 Å². The van der Waals surface area contributed by atoms with Gasteiger partial charge in [0.05, 0.1) is 23.9 Å². The highest BCUT2D eigenvalue weighted by Crippen LogP contribution is 2.34. The maximum absolute atomic E-state index is 5.48. The first-order valence-electron chi connectivity index (χ1n) is 5.75. The Labute approximate surface area is 105 Å². The van der Waals surface area contributed by atoms with Gasteiger partial charge in [-0.15, -0.1) is 0 Å². The largest absolute Gasteiger partial charge is 0.495 e. The lowest BCUT2D eigenvalue weighted by molar-refractivity contribution is 0.418. The lowest BCUT2D eigenvalue weighted by atomic mass is 10.1. The fourth-order valence-electron chi connectivity index (χ4n) is 2.24. The van der Waals surface area contributed by atoms with E-state index in [1.54, 1.807) is 13.4 Å². The van der Waals surface area contributed by atoms with Crippen LogP contribution in [-0.4, -0.2) is 16.7 Å². The monoisotopic (exact) mass is 242 g/mol. The summed E-state index contributed by atoms with van der Waals surface area (Å²) in [4.78, 5) is 4.38. The molecule has 0 aliphatic carbocycles. The third-order valence-corrected chi connectivity index (χ3v) is 3.03. The first-order chi connectivity index (χ1) is 8.70. The van der Waals surface area contributed by atoms with Gasteiger partial charge in [-0.2, -0.15) is 0 Å². The number of hydrogen-bond donors (Lipinski definition) is 0. The number of rotatable bonds is 2. The van der Waals surface area contributed by atoms with Crippen LogP contribution in [0.4, 0.5) is 0 Å². The van der Waals surface area contributed by atoms with Gasteiger partial charge < -0.3 is 13.7 Å². The summed E-state index contributed by atoms with van der Waals surface area (Å²) in [5.74, 6) is 1.50. The molecule has 1 aromatic carbocycles. The van der Waals surface area contributed by atoms with Crippen LogP contribution in [0.5, 0.6) is 5.75 Å². The summed E-state index contributed by atoms with van der Waals surface area (Å²) < 4.78 is 12.9. The van der Waals surface area contributed by atoms with Crippen molar-refractivity contribution in [2.24, 2.45) is 7.05 Å². The molecule has 0 radical (unpaired) electrons. The average molecular weight is 242 g/mol. The van der Waals surface area contributed by atoms with E-state index in [-0.39, 0.29) is 0 Å². The van der Waals surface area contributed by atoms with Crippen LogP contribution in [0.2, 0.25) is 0 Å². The zero-order valence-electron chi connectivity index (χ0n) is 10.6. The number of aryl methyl sites for hydroxylation is 2. The number of fused-ring (bicyclic) bond motifs is 1. The summed E-state index contributed by atoms with van der Waals surface area (Å²) in [5.41, 5.74) is 2.91. The van der Waals surface area contributed by atoms with Crippen molar-refractivity contribution < 1.29 is 9.15 Å². The molecule has 2 heterocycles. The van der Waals surface area contributed by atoms with E-state index in [1.807, 2.05) is 42.9 Å². The van der Waals surface area contributed by atoms with Gasteiger partial charge in [0.1, 0.15) is 12.0 Å². The van der Waals surface area contributed by atoms with Crippen molar-refractivity contribution in [3.63, 3.8) is 0 Å². The lowest BCUT2D eigenvalue weighted by Crippen LogP contribution is -1.89. The molecule has 2 aromatic heterocycles. The predicted octanol–water partition coefficient (Wildman–Crippen LogP) is 3.15. The van der Waals surface area contributed by atoms with E-state index in [4.69, 9.17) is 9.15 Å². The average Bonchev–Trinajstić information content (AvgIpc) is 2.94. The number of methoxy groups -OCH3 is 1. The Morgan fingerprint density at radius 1 is 1.33 bits per heavy atom. The van der Waals surface area contributed by atoms with Crippen molar-refractivity contribution in [3.05, 3.63) is 36.4 Å². The molecular weight excluding hydrogens is 228 g/mol. The van der Waals surface area contributed by atoms with Gasteiger partial charge in [0.2, 0.25) is 5.89 Å². The SMILES string of the molecule is COc1cccc2c(-c3nc(C)co3)cn(C)c12. The van der Waals surface area contributed by atoms with Crippen LogP contribution in [0.25, 0.3) is 22.4 Å². The number of para-hydroxylation sites is 1. The molecule has 0 amide bonds. The summed E-state index contributed by atoms with van der Waals surface area (Å²) in [7, 11) is 3.67. The fourth-order valence-corrected chi connectivity index (χ4v) is 2.24. The molecule has 92 valence electrons.